The summed E-state index contributed by atoms with van der Waals surface area (Å²) < 4.78 is 7.25. The SMILES string of the molecule is CC1(C)c2ccccc2-c2ccc(C(c3ccc4ccccc4c3)c3ccc4c(c3)c3ccccc3c3c5ccc(N(c6ccc7c(c6)C(C)(C)c6ccccc6-7)c6ccc7ccccc7c6)cc5oc43)cc21. The van der Waals surface area contributed by atoms with Gasteiger partial charge in [0.15, 0.2) is 0 Å². The predicted molar refractivity (Wildman–Crippen MR) is 307 cm³/mol. The van der Waals surface area contributed by atoms with Crippen molar-refractivity contribution in [2.24, 2.45) is 0 Å². The molecule has 0 radical (unpaired) electrons. The van der Waals surface area contributed by atoms with Crippen molar-refractivity contribution >= 4 is 82.1 Å². The molecule has 0 fully saturated rings. The summed E-state index contributed by atoms with van der Waals surface area (Å²) in [6, 6.07) is 86.2. The quantitative estimate of drug-likeness (QED) is 0.122. The highest BCUT2D eigenvalue weighted by Crippen LogP contribution is 2.53. The number of hydrogen-bond donors (Lipinski definition) is 0. The molecule has 0 amide bonds. The third kappa shape index (κ3) is 6.17. The zero-order valence-corrected chi connectivity index (χ0v) is 41.4. The highest BCUT2D eigenvalue weighted by Gasteiger charge is 2.37. The van der Waals surface area contributed by atoms with E-state index in [1.807, 2.05) is 0 Å². The van der Waals surface area contributed by atoms with Crippen LogP contribution in [-0.2, 0) is 10.8 Å². The number of rotatable bonds is 6. The van der Waals surface area contributed by atoms with Crippen molar-refractivity contribution in [1.29, 1.82) is 0 Å². The van der Waals surface area contributed by atoms with Gasteiger partial charge in [0.2, 0.25) is 0 Å². The van der Waals surface area contributed by atoms with Crippen LogP contribution in [0.15, 0.2) is 235 Å². The largest absolute Gasteiger partial charge is 0.455 e. The van der Waals surface area contributed by atoms with Crippen LogP contribution in [0.2, 0.25) is 0 Å². The first kappa shape index (κ1) is 42.0. The van der Waals surface area contributed by atoms with E-state index in [0.717, 1.165) is 44.4 Å². The number of anilines is 3. The Kier molecular flexibility index (Phi) is 8.86. The van der Waals surface area contributed by atoms with Crippen LogP contribution in [0.5, 0.6) is 0 Å². The topological polar surface area (TPSA) is 16.4 Å². The Bertz CT molecular complexity index is 4470. The van der Waals surface area contributed by atoms with Crippen LogP contribution < -0.4 is 4.90 Å². The first-order valence-corrected chi connectivity index (χ1v) is 25.8. The van der Waals surface area contributed by atoms with Gasteiger partial charge in [-0.1, -0.05) is 210 Å². The third-order valence-corrected chi connectivity index (χ3v) is 16.9. The maximum absolute atomic E-state index is 7.25. The summed E-state index contributed by atoms with van der Waals surface area (Å²) in [5, 5.41) is 11.9. The van der Waals surface area contributed by atoms with Gasteiger partial charge in [0.25, 0.3) is 0 Å². The van der Waals surface area contributed by atoms with Crippen LogP contribution in [0, 0.1) is 0 Å². The van der Waals surface area contributed by atoms with Gasteiger partial charge >= 0.3 is 0 Å². The van der Waals surface area contributed by atoms with Gasteiger partial charge in [-0.15, -0.1) is 0 Å². The van der Waals surface area contributed by atoms with Crippen LogP contribution in [-0.4, -0.2) is 0 Å². The molecule has 1 unspecified atom stereocenters. The molecule has 15 rings (SSSR count). The second kappa shape index (κ2) is 15.4. The zero-order valence-electron chi connectivity index (χ0n) is 41.4. The van der Waals surface area contributed by atoms with E-state index >= 15 is 0 Å². The fraction of sp³-hybridized carbons (Fsp3) is 0.0986. The first-order chi connectivity index (χ1) is 35.7. The third-order valence-electron chi connectivity index (χ3n) is 16.9. The lowest BCUT2D eigenvalue weighted by atomic mass is 9.78. The Balaban J connectivity index is 0.914. The lowest BCUT2D eigenvalue weighted by Crippen LogP contribution is -2.16. The molecule has 0 bridgehead atoms. The lowest BCUT2D eigenvalue weighted by molar-refractivity contribution is 0.659. The highest BCUT2D eigenvalue weighted by atomic mass is 16.3. The lowest BCUT2D eigenvalue weighted by Gasteiger charge is -2.28. The summed E-state index contributed by atoms with van der Waals surface area (Å²) in [5.41, 5.74) is 19.4. The summed E-state index contributed by atoms with van der Waals surface area (Å²) in [4.78, 5) is 2.41. The van der Waals surface area contributed by atoms with Gasteiger partial charge < -0.3 is 9.32 Å². The van der Waals surface area contributed by atoms with Crippen LogP contribution in [0.1, 0.15) is 72.6 Å². The van der Waals surface area contributed by atoms with Gasteiger partial charge in [0.1, 0.15) is 11.2 Å². The van der Waals surface area contributed by atoms with Gasteiger partial charge in [-0.2, -0.15) is 0 Å². The number of benzene rings is 12. The monoisotopic (exact) mass is 933 g/mol. The van der Waals surface area contributed by atoms with Crippen molar-refractivity contribution in [1.82, 2.24) is 0 Å². The zero-order chi connectivity index (χ0) is 48.7. The molecular formula is C71H51NO. The number of fused-ring (bicyclic) bond motifs is 16. The standard InChI is InChI=1S/C71H51NO/c1-70(2)62-23-13-11-20-54(62)56-33-28-49(40-64(56)70)67(47-26-25-43-15-5-7-17-45(43)37-47)48-29-34-59-61(39-48)53-19-9-10-22-58(53)68-60-36-32-52(42-66(60)73-69(59)68)72(50-30-27-44-16-6-8-18-46(44)38-50)51-31-35-57-55-21-12-14-24-63(55)71(3,4)65(57)41-51/h5-42,67H,1-4H3. The Hall–Kier alpha value is -8.72. The molecule has 2 aliphatic carbocycles. The van der Waals surface area contributed by atoms with Crippen molar-refractivity contribution in [3.05, 3.63) is 269 Å². The van der Waals surface area contributed by atoms with Gasteiger partial charge in [0, 0.05) is 56.0 Å². The Morgan fingerprint density at radius 1 is 0.329 bits per heavy atom. The molecule has 0 spiro atoms. The number of nitrogens with zero attached hydrogens (tertiary/aromatic N) is 1. The Labute approximate surface area is 425 Å². The van der Waals surface area contributed by atoms with Crippen LogP contribution in [0.3, 0.4) is 0 Å². The molecule has 0 aliphatic heterocycles. The van der Waals surface area contributed by atoms with Crippen molar-refractivity contribution < 1.29 is 4.42 Å². The van der Waals surface area contributed by atoms with E-state index in [1.165, 1.54) is 98.9 Å². The number of hydrogen-bond acceptors (Lipinski definition) is 2. The molecule has 2 nitrogen and oxygen atoms in total. The maximum Gasteiger partial charge on any atom is 0.143 e. The molecule has 12 aromatic carbocycles. The molecule has 0 N–H and O–H groups in total. The Morgan fingerprint density at radius 2 is 0.808 bits per heavy atom. The molecule has 13 aromatic rings. The summed E-state index contributed by atoms with van der Waals surface area (Å²) in [5.74, 6) is -0.00782. The van der Waals surface area contributed by atoms with E-state index in [2.05, 4.69) is 263 Å². The van der Waals surface area contributed by atoms with Crippen molar-refractivity contribution in [2.75, 3.05) is 4.90 Å². The van der Waals surface area contributed by atoms with Crippen molar-refractivity contribution in [3.8, 4) is 22.3 Å². The van der Waals surface area contributed by atoms with Crippen LogP contribution >= 0.6 is 0 Å². The molecule has 1 heterocycles. The van der Waals surface area contributed by atoms with Gasteiger partial charge in [-0.25, -0.2) is 0 Å². The van der Waals surface area contributed by atoms with Gasteiger partial charge in [-0.05, 0) is 141 Å². The van der Waals surface area contributed by atoms with E-state index in [9.17, 15) is 0 Å². The first-order valence-electron chi connectivity index (χ1n) is 25.8. The second-order valence-corrected chi connectivity index (χ2v) is 21.6. The number of furan rings is 1. The van der Waals surface area contributed by atoms with E-state index in [-0.39, 0.29) is 16.7 Å². The molecule has 0 saturated carbocycles. The summed E-state index contributed by atoms with van der Waals surface area (Å²) in [6.45, 7) is 9.47. The van der Waals surface area contributed by atoms with E-state index in [1.54, 1.807) is 0 Å². The van der Waals surface area contributed by atoms with E-state index in [0.29, 0.717) is 0 Å². The minimum absolute atomic E-state index is 0.00782. The molecule has 346 valence electrons. The summed E-state index contributed by atoms with van der Waals surface area (Å²) >= 11 is 0. The molecule has 73 heavy (non-hydrogen) atoms. The average Bonchev–Trinajstić information content (AvgIpc) is 4.01. The van der Waals surface area contributed by atoms with E-state index < -0.39 is 0 Å². The molecular weight excluding hydrogens is 883 g/mol. The highest BCUT2D eigenvalue weighted by molar-refractivity contribution is 6.30. The van der Waals surface area contributed by atoms with Crippen molar-refractivity contribution in [3.63, 3.8) is 0 Å². The van der Waals surface area contributed by atoms with Crippen molar-refractivity contribution in [2.45, 2.75) is 44.4 Å². The molecule has 1 atom stereocenters. The normalized spacial score (nSPS) is 14.5. The molecule has 2 heteroatoms. The van der Waals surface area contributed by atoms with Crippen LogP contribution in [0.4, 0.5) is 17.1 Å². The fourth-order valence-corrected chi connectivity index (χ4v) is 13.2. The van der Waals surface area contributed by atoms with Gasteiger partial charge in [0.05, 0.1) is 0 Å². The predicted octanol–water partition coefficient (Wildman–Crippen LogP) is 19.5. The molecule has 1 aromatic heterocycles. The summed E-state index contributed by atoms with van der Waals surface area (Å²) in [6.07, 6.45) is 0. The van der Waals surface area contributed by atoms with Gasteiger partial charge in [-0.3, -0.25) is 0 Å². The second-order valence-electron chi connectivity index (χ2n) is 21.6. The minimum atomic E-state index is -0.137. The molecule has 2 aliphatic rings. The average molecular weight is 934 g/mol. The summed E-state index contributed by atoms with van der Waals surface area (Å²) in [7, 11) is 0. The Morgan fingerprint density at radius 3 is 1.55 bits per heavy atom. The smallest absolute Gasteiger partial charge is 0.143 e. The van der Waals surface area contributed by atoms with E-state index in [4.69, 9.17) is 4.42 Å². The fourth-order valence-electron chi connectivity index (χ4n) is 13.2. The molecule has 0 saturated heterocycles. The maximum atomic E-state index is 7.25. The minimum Gasteiger partial charge on any atom is -0.455 e. The van der Waals surface area contributed by atoms with Crippen LogP contribution in [0.25, 0.3) is 87.3 Å².